The quantitative estimate of drug-likeness (QED) is 0.130. The minimum absolute atomic E-state index is 0.383. The van der Waals surface area contributed by atoms with E-state index in [4.69, 9.17) is 19.4 Å². The van der Waals surface area contributed by atoms with Crippen molar-refractivity contribution in [1.29, 1.82) is 0 Å². The minimum atomic E-state index is -5.71. The maximum atomic E-state index is 12.0. The Labute approximate surface area is 171 Å². The second kappa shape index (κ2) is 9.57. The van der Waals surface area contributed by atoms with Gasteiger partial charge in [-0.1, -0.05) is 0 Å². The minimum Gasteiger partial charge on any atom is -0.387 e. The van der Waals surface area contributed by atoms with Gasteiger partial charge in [-0.2, -0.15) is 13.6 Å². The number of aromatic nitrogens is 2. The van der Waals surface area contributed by atoms with Gasteiger partial charge < -0.3 is 34.5 Å². The molecule has 2 heterocycles. The molecule has 20 heteroatoms. The maximum absolute atomic E-state index is 12.0. The highest BCUT2D eigenvalue weighted by Gasteiger charge is 2.46. The van der Waals surface area contributed by atoms with E-state index in [-0.39, 0.29) is 0 Å². The lowest BCUT2D eigenvalue weighted by atomic mass is 10.1. The molecule has 0 radical (unpaired) electrons. The molecule has 1 aromatic heterocycles. The van der Waals surface area contributed by atoms with Gasteiger partial charge in [-0.3, -0.25) is 9.09 Å². The molecule has 0 bridgehead atoms. The van der Waals surface area contributed by atoms with E-state index >= 15 is 0 Å². The van der Waals surface area contributed by atoms with Crippen molar-refractivity contribution in [2.75, 3.05) is 12.9 Å². The number of phosphoric acid groups is 3. The van der Waals surface area contributed by atoms with Crippen molar-refractivity contribution in [3.8, 4) is 0 Å². The largest absolute Gasteiger partial charge is 0.490 e. The van der Waals surface area contributed by atoms with Crippen LogP contribution in [0.15, 0.2) is 22.1 Å². The summed E-state index contributed by atoms with van der Waals surface area (Å²) in [7, 11) is -16.7. The second-order valence-electron chi connectivity index (χ2n) is 5.59. The standard InChI is InChI=1S/C10H17N2O14P3S/c1-30-6-2-3-12(10(15)11-6)9-8(14)7(13)5(24-9)4-23-28(19,20)26-29(21,22)25-27(16,17)18/h2-3,5,7-9,13-14H,4H2,1H3,(H,19,20)(H,21,22)(H2,16,17,18)/t5-,7-,8-,9-/m1/s1. The highest BCUT2D eigenvalue weighted by molar-refractivity contribution is 7.98. The Morgan fingerprint density at radius 1 is 1.13 bits per heavy atom. The fourth-order valence-electron chi connectivity index (χ4n) is 2.27. The Morgan fingerprint density at radius 2 is 1.77 bits per heavy atom. The molecular formula is C10H17N2O14P3S. The lowest BCUT2D eigenvalue weighted by molar-refractivity contribution is -0.0543. The summed E-state index contributed by atoms with van der Waals surface area (Å²) < 4.78 is 51.1. The molecular weight excluding hydrogens is 497 g/mol. The van der Waals surface area contributed by atoms with Gasteiger partial charge in [-0.05, 0) is 12.3 Å². The number of ether oxygens (including phenoxy) is 1. The van der Waals surface area contributed by atoms with E-state index in [9.17, 15) is 33.6 Å². The summed E-state index contributed by atoms with van der Waals surface area (Å²) in [6.45, 7) is -0.997. The van der Waals surface area contributed by atoms with Gasteiger partial charge in [0.1, 0.15) is 23.3 Å². The van der Waals surface area contributed by atoms with E-state index in [1.807, 2.05) is 0 Å². The van der Waals surface area contributed by atoms with Gasteiger partial charge >= 0.3 is 29.2 Å². The van der Waals surface area contributed by atoms with Crippen LogP contribution in [0.4, 0.5) is 0 Å². The second-order valence-corrected chi connectivity index (χ2v) is 10.8. The summed E-state index contributed by atoms with van der Waals surface area (Å²) in [4.78, 5) is 51.1. The van der Waals surface area contributed by atoms with Crippen molar-refractivity contribution in [3.05, 3.63) is 22.7 Å². The fourth-order valence-corrected chi connectivity index (χ4v) is 5.67. The molecule has 1 aromatic rings. The number of thioether (sulfide) groups is 1. The van der Waals surface area contributed by atoms with Crippen molar-refractivity contribution in [2.45, 2.75) is 29.6 Å². The average Bonchev–Trinajstić information content (AvgIpc) is 2.85. The zero-order valence-electron chi connectivity index (χ0n) is 14.8. The lowest BCUT2D eigenvalue weighted by Crippen LogP contribution is -2.36. The van der Waals surface area contributed by atoms with Crippen LogP contribution in [-0.4, -0.2) is 70.5 Å². The maximum Gasteiger partial charge on any atom is 0.490 e. The van der Waals surface area contributed by atoms with Crippen molar-refractivity contribution in [3.63, 3.8) is 0 Å². The van der Waals surface area contributed by atoms with Crippen LogP contribution in [0.5, 0.6) is 0 Å². The van der Waals surface area contributed by atoms with E-state index in [1.54, 1.807) is 6.26 Å². The number of aliphatic hydroxyl groups excluding tert-OH is 2. The van der Waals surface area contributed by atoms with Crippen molar-refractivity contribution in [1.82, 2.24) is 9.55 Å². The van der Waals surface area contributed by atoms with Gasteiger partial charge in [-0.25, -0.2) is 18.5 Å². The molecule has 2 rings (SSSR count). The molecule has 2 unspecified atom stereocenters. The third-order valence-corrected chi connectivity index (χ3v) is 7.89. The number of nitrogens with zero attached hydrogens (tertiary/aromatic N) is 2. The molecule has 0 aliphatic carbocycles. The van der Waals surface area contributed by atoms with Gasteiger partial charge in [0.25, 0.3) is 0 Å². The van der Waals surface area contributed by atoms with Crippen molar-refractivity contribution in [2.24, 2.45) is 0 Å². The van der Waals surface area contributed by atoms with Gasteiger partial charge in [0.2, 0.25) is 0 Å². The van der Waals surface area contributed by atoms with Crippen LogP contribution < -0.4 is 5.69 Å². The van der Waals surface area contributed by atoms with Crippen molar-refractivity contribution >= 4 is 35.2 Å². The summed E-state index contributed by atoms with van der Waals surface area (Å²) in [6, 6.07) is 1.44. The topological polar surface area (TPSA) is 244 Å². The molecule has 0 saturated carbocycles. The lowest BCUT2D eigenvalue weighted by Gasteiger charge is -2.19. The predicted octanol–water partition coefficient (Wildman–Crippen LogP) is -1.07. The summed E-state index contributed by atoms with van der Waals surface area (Å²) in [6.07, 6.45) is -3.44. The average molecular weight is 514 g/mol. The summed E-state index contributed by atoms with van der Waals surface area (Å²) >= 11 is 1.18. The fraction of sp³-hybridized carbons (Fsp3) is 0.600. The van der Waals surface area contributed by atoms with Crippen molar-refractivity contribution < 1.29 is 61.4 Å². The third-order valence-electron chi connectivity index (χ3n) is 3.44. The predicted molar refractivity (Wildman–Crippen MR) is 96.0 cm³/mol. The van der Waals surface area contributed by atoms with Crippen LogP contribution in [0.3, 0.4) is 0 Å². The van der Waals surface area contributed by atoms with Crippen LogP contribution in [0, 0.1) is 0 Å². The highest BCUT2D eigenvalue weighted by Crippen LogP contribution is 2.66. The van der Waals surface area contributed by atoms with E-state index in [1.165, 1.54) is 24.0 Å². The zero-order valence-corrected chi connectivity index (χ0v) is 18.3. The van der Waals surface area contributed by atoms with E-state index in [2.05, 4.69) is 18.1 Å². The van der Waals surface area contributed by atoms with Gasteiger partial charge in [0, 0.05) is 6.20 Å². The van der Waals surface area contributed by atoms with Gasteiger partial charge in [0.05, 0.1) is 6.61 Å². The van der Waals surface area contributed by atoms with Crippen LogP contribution >= 0.6 is 35.2 Å². The number of rotatable bonds is 9. The zero-order chi connectivity index (χ0) is 22.9. The number of hydrogen-bond acceptors (Lipinski definition) is 12. The molecule has 1 aliphatic rings. The molecule has 6 atom stereocenters. The van der Waals surface area contributed by atoms with E-state index < -0.39 is 60.3 Å². The first-order chi connectivity index (χ1) is 13.6. The molecule has 1 aliphatic heterocycles. The molecule has 0 aromatic carbocycles. The number of hydrogen-bond donors (Lipinski definition) is 6. The summed E-state index contributed by atoms with van der Waals surface area (Å²) in [5.41, 5.74) is -0.813. The van der Waals surface area contributed by atoms with Crippen LogP contribution in [0.25, 0.3) is 0 Å². The SMILES string of the molecule is CSc1ccn([C@@H]2O[C@H](COP(=O)(O)OP(=O)(O)OP(=O)(O)O)[C@@H](O)[C@H]2O)c(=O)n1. The van der Waals surface area contributed by atoms with E-state index in [0.29, 0.717) is 5.03 Å². The Balaban J connectivity index is 2.06. The van der Waals surface area contributed by atoms with Crippen LogP contribution in [-0.2, 0) is 31.6 Å². The van der Waals surface area contributed by atoms with E-state index in [0.717, 1.165) is 4.57 Å². The van der Waals surface area contributed by atoms with Crippen LogP contribution in [0.2, 0.25) is 0 Å². The Morgan fingerprint density at radius 3 is 2.30 bits per heavy atom. The molecule has 0 amide bonds. The third kappa shape index (κ3) is 7.02. The number of aliphatic hydroxyl groups is 2. The van der Waals surface area contributed by atoms with Gasteiger partial charge in [-0.15, -0.1) is 11.8 Å². The molecule has 0 spiro atoms. The first kappa shape index (κ1) is 25.8. The number of phosphoric ester groups is 1. The molecule has 6 N–H and O–H groups in total. The van der Waals surface area contributed by atoms with Gasteiger partial charge in [0.15, 0.2) is 6.23 Å². The normalized spacial score (nSPS) is 28.8. The first-order valence-electron chi connectivity index (χ1n) is 7.57. The Bertz CT molecular complexity index is 966. The van der Waals surface area contributed by atoms with Crippen LogP contribution in [0.1, 0.15) is 6.23 Å². The highest BCUT2D eigenvalue weighted by atomic mass is 32.2. The molecule has 16 nitrogen and oxygen atoms in total. The molecule has 172 valence electrons. The molecule has 30 heavy (non-hydrogen) atoms. The smallest absolute Gasteiger partial charge is 0.387 e. The molecule has 1 fully saturated rings. The Hall–Kier alpha value is -0.480. The Kier molecular flexibility index (Phi) is 8.22. The monoisotopic (exact) mass is 514 g/mol. The summed E-state index contributed by atoms with van der Waals surface area (Å²) in [5, 5.41) is 20.5. The summed E-state index contributed by atoms with van der Waals surface area (Å²) in [5.74, 6) is 0. The first-order valence-corrected chi connectivity index (χ1v) is 13.3. The molecule has 1 saturated heterocycles.